The summed E-state index contributed by atoms with van der Waals surface area (Å²) in [4.78, 5) is 3.85. The van der Waals surface area contributed by atoms with E-state index >= 15 is 0 Å². The van der Waals surface area contributed by atoms with E-state index in [9.17, 15) is 0 Å². The zero-order valence-electron chi connectivity index (χ0n) is 8.86. The van der Waals surface area contributed by atoms with Gasteiger partial charge in [0.2, 0.25) is 0 Å². The maximum absolute atomic E-state index is 4.50. The standard InChI is InChI=1S/C11H10NS.CH3.Y/c1-9(2)7-10-3-5-11(6-4-10)12-8-13;;/h3-6H,1-2,7H2;1H3;/q2*-1;. The van der Waals surface area contributed by atoms with Crippen LogP contribution in [0.15, 0.2) is 41.4 Å². The van der Waals surface area contributed by atoms with Crippen molar-refractivity contribution >= 4 is 23.1 Å². The predicted molar refractivity (Wildman–Crippen MR) is 65.7 cm³/mol. The van der Waals surface area contributed by atoms with Crippen molar-refractivity contribution in [2.45, 2.75) is 6.42 Å². The Morgan fingerprint density at radius 3 is 2.33 bits per heavy atom. The number of benzene rings is 1. The normalized spacial score (nSPS) is 7.73. The number of hydrogen-bond donors (Lipinski definition) is 0. The molecule has 0 aliphatic heterocycles. The number of isothiocyanates is 1. The fourth-order valence-electron chi connectivity index (χ4n) is 1.03. The molecule has 1 aromatic rings. The van der Waals surface area contributed by atoms with Crippen molar-refractivity contribution in [1.82, 2.24) is 0 Å². The van der Waals surface area contributed by atoms with Gasteiger partial charge in [-0.1, -0.05) is 12.1 Å². The molecule has 0 aliphatic carbocycles. The number of hydrogen-bond acceptors (Lipinski definition) is 2. The van der Waals surface area contributed by atoms with Gasteiger partial charge in [0.25, 0.3) is 0 Å². The van der Waals surface area contributed by atoms with Crippen LogP contribution in [0.3, 0.4) is 0 Å². The van der Waals surface area contributed by atoms with E-state index in [0.717, 1.165) is 17.7 Å². The van der Waals surface area contributed by atoms with E-state index in [1.54, 1.807) is 0 Å². The number of thiocarbonyl (C=S) groups is 1. The minimum absolute atomic E-state index is 0. The molecule has 3 heteroatoms. The summed E-state index contributed by atoms with van der Waals surface area (Å²) in [5.41, 5.74) is 2.92. The molecule has 1 radical (unpaired) electrons. The molecule has 0 unspecified atom stereocenters. The van der Waals surface area contributed by atoms with Gasteiger partial charge in [0, 0.05) is 32.7 Å². The van der Waals surface area contributed by atoms with Gasteiger partial charge in [-0.2, -0.15) is 4.99 Å². The predicted octanol–water partition coefficient (Wildman–Crippen LogP) is 3.80. The van der Waals surface area contributed by atoms with Gasteiger partial charge in [-0.25, -0.2) is 19.1 Å². The number of rotatable bonds is 3. The van der Waals surface area contributed by atoms with Crippen LogP contribution in [0.5, 0.6) is 0 Å². The molecule has 0 bridgehead atoms. The van der Waals surface area contributed by atoms with E-state index < -0.39 is 0 Å². The summed E-state index contributed by atoms with van der Waals surface area (Å²) in [5, 5.41) is 2.32. The molecule has 0 atom stereocenters. The Morgan fingerprint density at radius 2 is 1.93 bits per heavy atom. The van der Waals surface area contributed by atoms with Gasteiger partial charge in [-0.3, -0.25) is 0 Å². The minimum atomic E-state index is 0. The van der Waals surface area contributed by atoms with Crippen LogP contribution >= 0.6 is 12.2 Å². The molecule has 0 spiro atoms. The van der Waals surface area contributed by atoms with Crippen molar-refractivity contribution in [2.24, 2.45) is 4.99 Å². The van der Waals surface area contributed by atoms with Gasteiger partial charge in [-0.15, -0.1) is 0 Å². The maximum atomic E-state index is 4.50. The SMILES string of the molecule is C=C([CH2-])Cc1ccc(N=C=S)cc1.[CH3-].[Y]. The first-order chi connectivity index (χ1) is 6.22. The van der Waals surface area contributed by atoms with E-state index in [4.69, 9.17) is 0 Å². The first-order valence-corrected chi connectivity index (χ1v) is 4.30. The van der Waals surface area contributed by atoms with Crippen LogP contribution in [0.1, 0.15) is 5.56 Å². The molecule has 0 aliphatic rings. The summed E-state index contributed by atoms with van der Waals surface area (Å²) in [6.45, 7) is 7.49. The van der Waals surface area contributed by atoms with Gasteiger partial charge < -0.3 is 7.43 Å². The summed E-state index contributed by atoms with van der Waals surface area (Å²) in [6.07, 6.45) is 0.807. The summed E-state index contributed by atoms with van der Waals surface area (Å²) < 4.78 is 0. The first-order valence-electron chi connectivity index (χ1n) is 3.89. The largest absolute Gasteiger partial charge is 0.358 e. The Hall–Kier alpha value is -0.266. The second-order valence-electron chi connectivity index (χ2n) is 2.80. The molecule has 1 aromatic carbocycles. The third kappa shape index (κ3) is 6.75. The van der Waals surface area contributed by atoms with Crippen molar-refractivity contribution in [3.63, 3.8) is 0 Å². The molecule has 0 aromatic heterocycles. The molecule has 1 nitrogen and oxygen atoms in total. The average Bonchev–Trinajstić information content (AvgIpc) is 2.08. The van der Waals surface area contributed by atoms with Gasteiger partial charge >= 0.3 is 0 Å². The third-order valence-corrected chi connectivity index (χ3v) is 1.66. The maximum Gasteiger partial charge on any atom is 0.0739 e. The second-order valence-corrected chi connectivity index (χ2v) is 2.98. The minimum Gasteiger partial charge on any atom is -0.358 e. The van der Waals surface area contributed by atoms with E-state index in [1.165, 1.54) is 5.56 Å². The zero-order valence-corrected chi connectivity index (χ0v) is 12.5. The van der Waals surface area contributed by atoms with Crippen LogP contribution in [0.25, 0.3) is 0 Å². The second kappa shape index (κ2) is 9.00. The fraction of sp³-hybridized carbons (Fsp3) is 0.0833. The smallest absolute Gasteiger partial charge is 0.0739 e. The van der Waals surface area contributed by atoms with Crippen molar-refractivity contribution in [1.29, 1.82) is 0 Å². The number of nitrogens with zero attached hydrogens (tertiary/aromatic N) is 1. The summed E-state index contributed by atoms with van der Waals surface area (Å²) in [5.74, 6) is 0. The Balaban J connectivity index is 0. The number of aliphatic imine (C=N–C) groups is 1. The molecular weight excluding hydrogens is 279 g/mol. The molecule has 1 rings (SSSR count). The molecule has 0 saturated heterocycles. The molecule has 0 amide bonds. The molecule has 77 valence electrons. The third-order valence-electron chi connectivity index (χ3n) is 1.57. The van der Waals surface area contributed by atoms with Gasteiger partial charge in [0.05, 0.1) is 10.8 Å². The zero-order chi connectivity index (χ0) is 9.68. The van der Waals surface area contributed by atoms with Gasteiger partial charge in [-0.05, 0) is 36.3 Å². The van der Waals surface area contributed by atoms with E-state index in [-0.39, 0.29) is 40.1 Å². The van der Waals surface area contributed by atoms with Crippen molar-refractivity contribution in [2.75, 3.05) is 0 Å². The molecule has 0 fully saturated rings. The molecule has 0 N–H and O–H groups in total. The fourth-order valence-corrected chi connectivity index (χ4v) is 1.14. The molecule has 0 saturated carbocycles. The van der Waals surface area contributed by atoms with Crippen molar-refractivity contribution in [3.8, 4) is 0 Å². The topological polar surface area (TPSA) is 12.4 Å². The molecule has 0 heterocycles. The summed E-state index contributed by atoms with van der Waals surface area (Å²) >= 11 is 4.50. The van der Waals surface area contributed by atoms with Crippen LogP contribution in [0.4, 0.5) is 5.69 Å². The monoisotopic (exact) mass is 292 g/mol. The van der Waals surface area contributed by atoms with Crippen LogP contribution < -0.4 is 0 Å². The molecular formula is C12H13NSY-2. The Labute approximate surface area is 123 Å². The van der Waals surface area contributed by atoms with E-state index in [1.807, 2.05) is 24.3 Å². The van der Waals surface area contributed by atoms with Crippen LogP contribution in [-0.4, -0.2) is 5.16 Å². The first kappa shape index (κ1) is 17.1. The number of allylic oxidation sites excluding steroid dienone is 1. The Kier molecular flexibility index (Phi) is 10.3. The van der Waals surface area contributed by atoms with E-state index in [2.05, 4.69) is 35.9 Å². The van der Waals surface area contributed by atoms with Gasteiger partial charge in [0.1, 0.15) is 0 Å². The quantitative estimate of drug-likeness (QED) is 0.469. The summed E-state index contributed by atoms with van der Waals surface area (Å²) in [6, 6.07) is 7.78. The Morgan fingerprint density at radius 1 is 1.40 bits per heavy atom. The van der Waals surface area contributed by atoms with E-state index in [0.29, 0.717) is 0 Å². The summed E-state index contributed by atoms with van der Waals surface area (Å²) in [7, 11) is 0. The molecule has 15 heavy (non-hydrogen) atoms. The van der Waals surface area contributed by atoms with Crippen LogP contribution in [0.2, 0.25) is 0 Å². The van der Waals surface area contributed by atoms with Crippen LogP contribution in [0, 0.1) is 14.4 Å². The van der Waals surface area contributed by atoms with Gasteiger partial charge in [0.15, 0.2) is 0 Å². The van der Waals surface area contributed by atoms with Crippen molar-refractivity contribution < 1.29 is 32.7 Å². The van der Waals surface area contributed by atoms with Crippen molar-refractivity contribution in [3.05, 3.63) is 56.3 Å². The van der Waals surface area contributed by atoms with Crippen LogP contribution in [-0.2, 0) is 39.1 Å². The average molecular weight is 292 g/mol. The Bertz CT molecular complexity index is 350.